The van der Waals surface area contributed by atoms with Gasteiger partial charge in [-0.3, -0.25) is 0 Å². The molecule has 102 valence electrons. The number of nitrogens with zero attached hydrogens (tertiary/aromatic N) is 1. The van der Waals surface area contributed by atoms with Crippen LogP contribution in [-0.2, 0) is 0 Å². The van der Waals surface area contributed by atoms with Gasteiger partial charge in [0.05, 0.1) is 11.0 Å². The van der Waals surface area contributed by atoms with E-state index in [4.69, 9.17) is 23.8 Å². The van der Waals surface area contributed by atoms with Crippen molar-refractivity contribution in [2.75, 3.05) is 0 Å². The normalized spacial score (nSPS) is 22.8. The van der Waals surface area contributed by atoms with E-state index < -0.39 is 0 Å². The summed E-state index contributed by atoms with van der Waals surface area (Å²) in [6, 6.07) is 6.45. The van der Waals surface area contributed by atoms with Crippen molar-refractivity contribution >= 4 is 34.9 Å². The molecule has 1 fully saturated rings. The monoisotopic (exact) mass is 294 g/mol. The first kappa shape index (κ1) is 13.2. The highest BCUT2D eigenvalue weighted by Gasteiger charge is 2.34. The van der Waals surface area contributed by atoms with Gasteiger partial charge in [0.15, 0.2) is 4.77 Å². The number of hydrogen-bond acceptors (Lipinski definition) is 1. The second kappa shape index (κ2) is 4.64. The standard InChI is InChI=1S/C15H19ClN2S/c1-15(2)8-4-3-5-13(15)18-12-7-6-10(16)9-11(12)17-14(18)19/h6-7,9,13H,3-5,8H2,1-2H3,(H,17,19). The largest absolute Gasteiger partial charge is 0.331 e. The van der Waals surface area contributed by atoms with Crippen molar-refractivity contribution in [3.05, 3.63) is 28.0 Å². The minimum atomic E-state index is 0.297. The summed E-state index contributed by atoms with van der Waals surface area (Å²) in [4.78, 5) is 3.30. The van der Waals surface area contributed by atoms with Crippen LogP contribution in [0.2, 0.25) is 5.02 Å². The highest BCUT2D eigenvalue weighted by molar-refractivity contribution is 7.71. The molecular formula is C15H19ClN2S. The van der Waals surface area contributed by atoms with Crippen LogP contribution in [0.5, 0.6) is 0 Å². The topological polar surface area (TPSA) is 20.7 Å². The predicted molar refractivity (Wildman–Crippen MR) is 83.4 cm³/mol. The van der Waals surface area contributed by atoms with Gasteiger partial charge in [0.2, 0.25) is 0 Å². The Kier molecular flexibility index (Phi) is 3.22. The Hall–Kier alpha value is -0.800. The van der Waals surface area contributed by atoms with E-state index in [-0.39, 0.29) is 0 Å². The van der Waals surface area contributed by atoms with Crippen molar-refractivity contribution in [2.45, 2.75) is 45.6 Å². The quantitative estimate of drug-likeness (QED) is 0.689. The fraction of sp³-hybridized carbons (Fsp3) is 0.533. The van der Waals surface area contributed by atoms with Gasteiger partial charge in [0, 0.05) is 11.1 Å². The van der Waals surface area contributed by atoms with Gasteiger partial charge in [-0.2, -0.15) is 0 Å². The first-order valence-electron chi connectivity index (χ1n) is 6.89. The molecule has 0 amide bonds. The number of aromatic nitrogens is 2. The predicted octanol–water partition coefficient (Wildman–Crippen LogP) is 5.49. The van der Waals surface area contributed by atoms with E-state index >= 15 is 0 Å². The molecule has 0 bridgehead atoms. The third kappa shape index (κ3) is 2.23. The summed E-state index contributed by atoms with van der Waals surface area (Å²) in [5.41, 5.74) is 2.51. The van der Waals surface area contributed by atoms with Crippen LogP contribution in [0, 0.1) is 10.2 Å². The van der Waals surface area contributed by atoms with E-state index in [2.05, 4.69) is 29.5 Å². The fourth-order valence-corrected chi connectivity index (χ4v) is 3.87. The van der Waals surface area contributed by atoms with Gasteiger partial charge in [-0.1, -0.05) is 38.3 Å². The average Bonchev–Trinajstić information content (AvgIpc) is 2.64. The number of hydrogen-bond donors (Lipinski definition) is 1. The molecule has 4 heteroatoms. The summed E-state index contributed by atoms with van der Waals surface area (Å²) in [5.74, 6) is 0. The second-order valence-electron chi connectivity index (χ2n) is 6.21. The molecule has 1 atom stereocenters. The SMILES string of the molecule is CC1(C)CCCCC1n1c(=S)[nH]c2cc(Cl)ccc21. The van der Waals surface area contributed by atoms with E-state index in [1.807, 2.05) is 12.1 Å². The van der Waals surface area contributed by atoms with Crippen molar-refractivity contribution in [1.82, 2.24) is 9.55 Å². The number of H-pyrrole nitrogens is 1. The molecular weight excluding hydrogens is 276 g/mol. The molecule has 1 aliphatic carbocycles. The van der Waals surface area contributed by atoms with Gasteiger partial charge in [0.1, 0.15) is 0 Å². The molecule has 1 N–H and O–H groups in total. The highest BCUT2D eigenvalue weighted by atomic mass is 35.5. The number of halogens is 1. The minimum Gasteiger partial charge on any atom is -0.331 e. The van der Waals surface area contributed by atoms with Gasteiger partial charge in [-0.25, -0.2) is 0 Å². The number of fused-ring (bicyclic) bond motifs is 1. The molecule has 2 aromatic rings. The van der Waals surface area contributed by atoms with E-state index in [9.17, 15) is 0 Å². The maximum atomic E-state index is 6.06. The van der Waals surface area contributed by atoms with Crippen molar-refractivity contribution in [3.8, 4) is 0 Å². The van der Waals surface area contributed by atoms with Crippen molar-refractivity contribution in [1.29, 1.82) is 0 Å². The number of rotatable bonds is 1. The third-order valence-electron chi connectivity index (χ3n) is 4.44. The maximum Gasteiger partial charge on any atom is 0.178 e. The first-order chi connectivity index (χ1) is 8.99. The van der Waals surface area contributed by atoms with Gasteiger partial charge in [-0.15, -0.1) is 0 Å². The molecule has 1 heterocycles. The van der Waals surface area contributed by atoms with Gasteiger partial charge in [0.25, 0.3) is 0 Å². The Labute approximate surface area is 123 Å². The summed E-state index contributed by atoms with van der Waals surface area (Å²) >= 11 is 11.6. The lowest BCUT2D eigenvalue weighted by molar-refractivity contribution is 0.146. The Morgan fingerprint density at radius 2 is 2.16 bits per heavy atom. The van der Waals surface area contributed by atoms with Gasteiger partial charge in [-0.05, 0) is 48.7 Å². The van der Waals surface area contributed by atoms with Crippen LogP contribution < -0.4 is 0 Å². The summed E-state index contributed by atoms with van der Waals surface area (Å²) in [6.07, 6.45) is 5.08. The Morgan fingerprint density at radius 3 is 2.89 bits per heavy atom. The molecule has 2 nitrogen and oxygen atoms in total. The third-order valence-corrected chi connectivity index (χ3v) is 4.97. The van der Waals surface area contributed by atoms with Crippen molar-refractivity contribution < 1.29 is 0 Å². The Morgan fingerprint density at radius 1 is 1.37 bits per heavy atom. The fourth-order valence-electron chi connectivity index (χ4n) is 3.37. The zero-order valence-electron chi connectivity index (χ0n) is 11.4. The van der Waals surface area contributed by atoms with Crippen molar-refractivity contribution in [2.24, 2.45) is 5.41 Å². The van der Waals surface area contributed by atoms with Gasteiger partial charge < -0.3 is 9.55 Å². The molecule has 0 spiro atoms. The molecule has 1 aliphatic rings. The average molecular weight is 295 g/mol. The lowest BCUT2D eigenvalue weighted by atomic mass is 9.73. The smallest absolute Gasteiger partial charge is 0.178 e. The molecule has 0 aliphatic heterocycles. The number of benzene rings is 1. The number of imidazole rings is 1. The maximum absolute atomic E-state index is 6.06. The van der Waals surface area contributed by atoms with Crippen LogP contribution in [-0.4, -0.2) is 9.55 Å². The van der Waals surface area contributed by atoms with E-state index in [1.165, 1.54) is 31.2 Å². The van der Waals surface area contributed by atoms with E-state index in [1.54, 1.807) is 0 Å². The van der Waals surface area contributed by atoms with E-state index in [0.717, 1.165) is 15.3 Å². The molecule has 0 radical (unpaired) electrons. The summed E-state index contributed by atoms with van der Waals surface area (Å²) in [6.45, 7) is 4.71. The Bertz CT molecular complexity index is 668. The molecule has 3 rings (SSSR count). The first-order valence-corrected chi connectivity index (χ1v) is 7.67. The van der Waals surface area contributed by atoms with Crippen LogP contribution in [0.4, 0.5) is 0 Å². The van der Waals surface area contributed by atoms with Crippen LogP contribution in [0.25, 0.3) is 11.0 Å². The summed E-state index contributed by atoms with van der Waals surface area (Å²) < 4.78 is 3.12. The second-order valence-corrected chi connectivity index (χ2v) is 7.03. The molecule has 0 saturated heterocycles. The summed E-state index contributed by atoms with van der Waals surface area (Å²) in [5, 5.41) is 0.749. The number of nitrogens with one attached hydrogen (secondary N) is 1. The summed E-state index contributed by atoms with van der Waals surface area (Å²) in [7, 11) is 0. The molecule has 1 aromatic carbocycles. The van der Waals surface area contributed by atoms with Crippen LogP contribution >= 0.6 is 23.8 Å². The van der Waals surface area contributed by atoms with Crippen molar-refractivity contribution in [3.63, 3.8) is 0 Å². The molecule has 1 aromatic heterocycles. The molecule has 19 heavy (non-hydrogen) atoms. The van der Waals surface area contributed by atoms with Crippen LogP contribution in [0.3, 0.4) is 0 Å². The zero-order valence-corrected chi connectivity index (χ0v) is 12.9. The van der Waals surface area contributed by atoms with Crippen LogP contribution in [0.1, 0.15) is 45.6 Å². The lowest BCUT2D eigenvalue weighted by Gasteiger charge is -2.39. The highest BCUT2D eigenvalue weighted by Crippen LogP contribution is 2.45. The van der Waals surface area contributed by atoms with E-state index in [0.29, 0.717) is 11.5 Å². The van der Waals surface area contributed by atoms with Crippen LogP contribution in [0.15, 0.2) is 18.2 Å². The lowest BCUT2D eigenvalue weighted by Crippen LogP contribution is -2.30. The minimum absolute atomic E-state index is 0.297. The molecule has 1 saturated carbocycles. The molecule has 1 unspecified atom stereocenters. The van der Waals surface area contributed by atoms with Gasteiger partial charge >= 0.3 is 0 Å². The number of aromatic amines is 1. The zero-order chi connectivity index (χ0) is 13.6. The Balaban J connectivity index is 2.19.